The smallest absolute Gasteiger partial charge is 0.331 e. The van der Waals surface area contributed by atoms with Gasteiger partial charge in [-0.1, -0.05) is 61.0 Å². The second kappa shape index (κ2) is 7.84. The van der Waals surface area contributed by atoms with Crippen molar-refractivity contribution < 1.29 is 4.74 Å². The molecule has 0 amide bonds. The molecule has 3 heterocycles. The van der Waals surface area contributed by atoms with Gasteiger partial charge in [-0.25, -0.2) is 4.79 Å². The summed E-state index contributed by atoms with van der Waals surface area (Å²) in [7, 11) is 3.28. The van der Waals surface area contributed by atoms with Gasteiger partial charge in [0.25, 0.3) is 5.56 Å². The highest BCUT2D eigenvalue weighted by atomic mass is 16.5. The van der Waals surface area contributed by atoms with Crippen LogP contribution in [-0.4, -0.2) is 20.3 Å². The normalized spacial score (nSPS) is 17.2. The number of fused-ring (bicyclic) bond motifs is 3. The first kappa shape index (κ1) is 22.4. The van der Waals surface area contributed by atoms with E-state index in [0.717, 1.165) is 34.5 Å². The molecule has 0 aliphatic carbocycles. The van der Waals surface area contributed by atoms with Crippen molar-refractivity contribution in [1.82, 2.24) is 13.7 Å². The molecule has 1 aliphatic rings. The van der Waals surface area contributed by atoms with Gasteiger partial charge in [0.1, 0.15) is 6.10 Å². The average molecular weight is 458 g/mol. The van der Waals surface area contributed by atoms with Crippen LogP contribution in [0, 0.1) is 6.92 Å². The molecule has 6 heteroatoms. The summed E-state index contributed by atoms with van der Waals surface area (Å²) in [5, 5.41) is 0.553. The van der Waals surface area contributed by atoms with E-state index in [0.29, 0.717) is 17.5 Å². The standard InChI is InChI=1S/C28H31N3O3/c1-7-18-10-14-20(15-11-18)25-24-23-21(26(32)30(6)27(33)29(23)5)22(19-12-8-17(2)9-13-19)31(24)28(3,4)16-34-25/h8-15,25H,7,16H2,1-6H3/t25-/m0/s1. The van der Waals surface area contributed by atoms with E-state index in [4.69, 9.17) is 4.74 Å². The van der Waals surface area contributed by atoms with Crippen molar-refractivity contribution in [3.05, 3.63) is 91.8 Å². The number of rotatable bonds is 3. The van der Waals surface area contributed by atoms with Crippen LogP contribution in [0.5, 0.6) is 0 Å². The summed E-state index contributed by atoms with van der Waals surface area (Å²) in [5.74, 6) is 0. The third kappa shape index (κ3) is 3.20. The van der Waals surface area contributed by atoms with Crippen molar-refractivity contribution in [2.24, 2.45) is 14.1 Å². The topological polar surface area (TPSA) is 58.2 Å². The van der Waals surface area contributed by atoms with Crippen molar-refractivity contribution in [3.63, 3.8) is 0 Å². The van der Waals surface area contributed by atoms with Crippen molar-refractivity contribution in [1.29, 1.82) is 0 Å². The third-order valence-corrected chi connectivity index (χ3v) is 7.08. The van der Waals surface area contributed by atoms with E-state index in [1.165, 1.54) is 10.1 Å². The number of hydrogen-bond donors (Lipinski definition) is 0. The van der Waals surface area contributed by atoms with Crippen LogP contribution in [0.15, 0.2) is 58.1 Å². The average Bonchev–Trinajstić information content (AvgIpc) is 3.20. The highest BCUT2D eigenvalue weighted by Crippen LogP contribution is 2.45. The second-order valence-electron chi connectivity index (χ2n) is 9.96. The maximum absolute atomic E-state index is 13.6. The molecule has 2 aromatic heterocycles. The van der Waals surface area contributed by atoms with Crippen LogP contribution >= 0.6 is 0 Å². The van der Waals surface area contributed by atoms with Gasteiger partial charge in [0.05, 0.1) is 34.4 Å². The predicted molar refractivity (Wildman–Crippen MR) is 136 cm³/mol. The Kier molecular flexibility index (Phi) is 5.17. The summed E-state index contributed by atoms with van der Waals surface area (Å²) < 4.78 is 11.5. The minimum atomic E-state index is -0.421. The first-order valence-corrected chi connectivity index (χ1v) is 11.8. The molecule has 4 aromatic rings. The summed E-state index contributed by atoms with van der Waals surface area (Å²) in [6.45, 7) is 8.89. The molecule has 6 nitrogen and oxygen atoms in total. The van der Waals surface area contributed by atoms with Gasteiger partial charge in [-0.3, -0.25) is 13.9 Å². The van der Waals surface area contributed by atoms with E-state index in [1.54, 1.807) is 18.7 Å². The fourth-order valence-corrected chi connectivity index (χ4v) is 5.16. The minimum absolute atomic E-state index is 0.286. The fraction of sp³-hybridized carbons (Fsp3) is 0.357. The van der Waals surface area contributed by atoms with Crippen LogP contribution in [0.1, 0.15) is 49.3 Å². The summed E-state index contributed by atoms with van der Waals surface area (Å²) in [4.78, 5) is 26.7. The van der Waals surface area contributed by atoms with Crippen LogP contribution in [0.25, 0.3) is 22.2 Å². The number of ether oxygens (including phenoxy) is 1. The van der Waals surface area contributed by atoms with E-state index in [-0.39, 0.29) is 11.2 Å². The SMILES string of the molecule is CCc1ccc([C@@H]2OCC(C)(C)n3c(-c4ccc(C)cc4)c4c(=O)n(C)c(=O)n(C)c4c32)cc1. The van der Waals surface area contributed by atoms with E-state index in [2.05, 4.69) is 73.9 Å². The zero-order valence-electron chi connectivity index (χ0n) is 20.7. The Morgan fingerprint density at radius 3 is 2.24 bits per heavy atom. The number of benzene rings is 2. The molecule has 0 saturated carbocycles. The Hall–Kier alpha value is -3.38. The lowest BCUT2D eigenvalue weighted by molar-refractivity contribution is -0.00707. The maximum Gasteiger partial charge on any atom is 0.331 e. The van der Waals surface area contributed by atoms with Gasteiger partial charge in [0, 0.05) is 14.1 Å². The van der Waals surface area contributed by atoms with Gasteiger partial charge < -0.3 is 9.30 Å². The van der Waals surface area contributed by atoms with Crippen LogP contribution in [0.3, 0.4) is 0 Å². The zero-order chi connectivity index (χ0) is 24.4. The van der Waals surface area contributed by atoms with E-state index < -0.39 is 11.6 Å². The molecule has 176 valence electrons. The monoisotopic (exact) mass is 457 g/mol. The Balaban J connectivity index is 1.96. The Morgan fingerprint density at radius 2 is 1.62 bits per heavy atom. The molecule has 0 spiro atoms. The lowest BCUT2D eigenvalue weighted by Gasteiger charge is -2.39. The molecule has 0 bridgehead atoms. The Bertz CT molecular complexity index is 1520. The highest BCUT2D eigenvalue weighted by Gasteiger charge is 2.40. The molecular formula is C28H31N3O3. The van der Waals surface area contributed by atoms with Gasteiger partial charge in [-0.2, -0.15) is 0 Å². The third-order valence-electron chi connectivity index (χ3n) is 7.08. The van der Waals surface area contributed by atoms with E-state index in [9.17, 15) is 9.59 Å². The van der Waals surface area contributed by atoms with Crippen LogP contribution in [0.4, 0.5) is 0 Å². The van der Waals surface area contributed by atoms with Crippen molar-refractivity contribution in [3.8, 4) is 11.3 Å². The molecule has 1 atom stereocenters. The molecule has 0 N–H and O–H groups in total. The molecular weight excluding hydrogens is 426 g/mol. The first-order chi connectivity index (χ1) is 16.2. The molecule has 0 radical (unpaired) electrons. The van der Waals surface area contributed by atoms with E-state index in [1.807, 2.05) is 6.92 Å². The molecule has 34 heavy (non-hydrogen) atoms. The van der Waals surface area contributed by atoms with Crippen molar-refractivity contribution in [2.75, 3.05) is 6.61 Å². The van der Waals surface area contributed by atoms with Crippen molar-refractivity contribution in [2.45, 2.75) is 45.8 Å². The highest BCUT2D eigenvalue weighted by molar-refractivity contribution is 5.96. The van der Waals surface area contributed by atoms with E-state index >= 15 is 0 Å². The van der Waals surface area contributed by atoms with Gasteiger partial charge in [-0.05, 0) is 43.9 Å². The molecule has 2 aromatic carbocycles. The van der Waals surface area contributed by atoms with Crippen molar-refractivity contribution >= 4 is 10.9 Å². The van der Waals surface area contributed by atoms with Crippen LogP contribution in [0.2, 0.25) is 0 Å². The summed E-state index contributed by atoms with van der Waals surface area (Å²) in [5.41, 5.74) is 5.64. The Morgan fingerprint density at radius 1 is 0.971 bits per heavy atom. The molecule has 0 unspecified atom stereocenters. The van der Waals surface area contributed by atoms with Crippen LogP contribution in [-0.2, 0) is 30.8 Å². The molecule has 0 saturated heterocycles. The van der Waals surface area contributed by atoms with Gasteiger partial charge in [0.15, 0.2) is 0 Å². The molecule has 0 fully saturated rings. The van der Waals surface area contributed by atoms with Gasteiger partial charge in [0.2, 0.25) is 0 Å². The number of hydrogen-bond acceptors (Lipinski definition) is 3. The fourth-order valence-electron chi connectivity index (χ4n) is 5.16. The van der Waals surface area contributed by atoms with Gasteiger partial charge in [-0.15, -0.1) is 0 Å². The minimum Gasteiger partial charge on any atom is -0.365 e. The quantitative estimate of drug-likeness (QED) is 0.457. The predicted octanol–water partition coefficient (Wildman–Crippen LogP) is 4.43. The molecule has 5 rings (SSSR count). The summed E-state index contributed by atoms with van der Waals surface area (Å²) in [6.07, 6.45) is 0.568. The first-order valence-electron chi connectivity index (χ1n) is 11.8. The molecule has 1 aliphatic heterocycles. The lowest BCUT2D eigenvalue weighted by Crippen LogP contribution is -2.40. The van der Waals surface area contributed by atoms with Gasteiger partial charge >= 0.3 is 5.69 Å². The number of aromatic nitrogens is 3. The number of nitrogens with zero attached hydrogens (tertiary/aromatic N) is 3. The second-order valence-corrected chi connectivity index (χ2v) is 9.96. The summed E-state index contributed by atoms with van der Waals surface area (Å²) >= 11 is 0. The largest absolute Gasteiger partial charge is 0.365 e. The number of aryl methyl sites for hydroxylation is 3. The summed E-state index contributed by atoms with van der Waals surface area (Å²) in [6, 6.07) is 16.6. The lowest BCUT2D eigenvalue weighted by atomic mass is 9.97. The Labute approximate surface area is 199 Å². The maximum atomic E-state index is 13.6. The zero-order valence-corrected chi connectivity index (χ0v) is 20.7. The van der Waals surface area contributed by atoms with Crippen LogP contribution < -0.4 is 11.2 Å².